The summed E-state index contributed by atoms with van der Waals surface area (Å²) in [6.45, 7) is 4.74. The minimum absolute atomic E-state index is 0.248. The van der Waals surface area contributed by atoms with E-state index < -0.39 is 0 Å². The second-order valence-electron chi connectivity index (χ2n) is 10.4. The number of aryl methyl sites for hydroxylation is 2. The normalized spacial score (nSPS) is 13.8. The van der Waals surface area contributed by atoms with Gasteiger partial charge in [-0.15, -0.1) is 0 Å². The van der Waals surface area contributed by atoms with Crippen LogP contribution in [0.4, 0.5) is 0 Å². The number of carbonyl (C=O) groups is 1. The van der Waals surface area contributed by atoms with Crippen molar-refractivity contribution in [3.8, 4) is 5.75 Å². The molecule has 1 fully saturated rings. The Balaban J connectivity index is 1.54. The van der Waals surface area contributed by atoms with Crippen molar-refractivity contribution in [1.82, 2.24) is 18.7 Å². The Morgan fingerprint density at radius 3 is 2.31 bits per heavy atom. The first-order valence-electron chi connectivity index (χ1n) is 14.0. The van der Waals surface area contributed by atoms with Gasteiger partial charge >= 0.3 is 11.7 Å². The van der Waals surface area contributed by atoms with Crippen molar-refractivity contribution in [3.05, 3.63) is 92.4 Å². The Morgan fingerprint density at radius 2 is 1.64 bits per heavy atom. The SMILES string of the molecule is CCCn1c(=O)c2c(nc(C3CCCC3)n2Cc2ccccc2)n(CCCc2ccc(OC(C)=O)cc2)c1=O. The van der Waals surface area contributed by atoms with E-state index in [1.54, 1.807) is 16.7 Å². The molecule has 8 nitrogen and oxygen atoms in total. The molecule has 0 spiro atoms. The number of aromatic nitrogens is 4. The Labute approximate surface area is 227 Å². The average Bonchev–Trinajstić information content (AvgIpc) is 3.58. The molecule has 5 rings (SSSR count). The molecule has 4 aromatic rings. The number of hydrogen-bond acceptors (Lipinski definition) is 5. The fourth-order valence-electron chi connectivity index (χ4n) is 5.68. The molecule has 8 heteroatoms. The molecule has 204 valence electrons. The summed E-state index contributed by atoms with van der Waals surface area (Å²) >= 11 is 0. The molecule has 0 radical (unpaired) electrons. The molecule has 0 saturated heterocycles. The molecule has 2 aromatic carbocycles. The molecular formula is C31H36N4O4. The van der Waals surface area contributed by atoms with Crippen LogP contribution in [0.1, 0.15) is 75.2 Å². The van der Waals surface area contributed by atoms with Crippen molar-refractivity contribution < 1.29 is 9.53 Å². The number of hydrogen-bond donors (Lipinski definition) is 0. The van der Waals surface area contributed by atoms with Gasteiger partial charge in [0.25, 0.3) is 5.56 Å². The highest BCUT2D eigenvalue weighted by molar-refractivity contribution is 5.71. The highest BCUT2D eigenvalue weighted by Crippen LogP contribution is 2.35. The van der Waals surface area contributed by atoms with Gasteiger partial charge in [-0.1, -0.05) is 62.2 Å². The van der Waals surface area contributed by atoms with Crippen LogP contribution in [-0.2, 0) is 30.8 Å². The maximum atomic E-state index is 13.8. The van der Waals surface area contributed by atoms with Crippen molar-refractivity contribution in [2.45, 2.75) is 84.3 Å². The van der Waals surface area contributed by atoms with Crippen molar-refractivity contribution >= 4 is 17.1 Å². The van der Waals surface area contributed by atoms with E-state index in [-0.39, 0.29) is 17.2 Å². The van der Waals surface area contributed by atoms with E-state index in [2.05, 4.69) is 16.7 Å². The van der Waals surface area contributed by atoms with Crippen LogP contribution in [0.15, 0.2) is 64.2 Å². The maximum Gasteiger partial charge on any atom is 0.332 e. The van der Waals surface area contributed by atoms with Gasteiger partial charge in [0.2, 0.25) is 0 Å². The molecule has 0 aliphatic heterocycles. The number of nitrogens with zero attached hydrogens (tertiary/aromatic N) is 4. The van der Waals surface area contributed by atoms with Crippen LogP contribution in [0.25, 0.3) is 11.2 Å². The van der Waals surface area contributed by atoms with Crippen molar-refractivity contribution in [2.75, 3.05) is 0 Å². The van der Waals surface area contributed by atoms with Crippen LogP contribution < -0.4 is 16.0 Å². The first kappa shape index (κ1) is 26.7. The van der Waals surface area contributed by atoms with Crippen LogP contribution in [-0.4, -0.2) is 24.7 Å². The van der Waals surface area contributed by atoms with Crippen molar-refractivity contribution in [2.24, 2.45) is 0 Å². The van der Waals surface area contributed by atoms with Gasteiger partial charge in [-0.2, -0.15) is 0 Å². The smallest absolute Gasteiger partial charge is 0.332 e. The second-order valence-corrected chi connectivity index (χ2v) is 10.4. The Bertz CT molecular complexity index is 1560. The third-order valence-electron chi connectivity index (χ3n) is 7.53. The fraction of sp³-hybridized carbons (Fsp3) is 0.419. The number of carbonyl (C=O) groups excluding carboxylic acids is 1. The number of ether oxygens (including phenoxy) is 1. The van der Waals surface area contributed by atoms with Crippen LogP contribution in [0.5, 0.6) is 5.75 Å². The molecule has 2 heterocycles. The quantitative estimate of drug-likeness (QED) is 0.213. The fourth-order valence-corrected chi connectivity index (χ4v) is 5.68. The van der Waals surface area contributed by atoms with E-state index in [9.17, 15) is 14.4 Å². The molecule has 39 heavy (non-hydrogen) atoms. The van der Waals surface area contributed by atoms with Crippen molar-refractivity contribution in [1.29, 1.82) is 0 Å². The summed E-state index contributed by atoms with van der Waals surface area (Å²) in [4.78, 5) is 43.6. The summed E-state index contributed by atoms with van der Waals surface area (Å²) in [5, 5.41) is 0. The molecule has 1 aliphatic rings. The molecule has 0 amide bonds. The maximum absolute atomic E-state index is 13.8. The molecule has 0 bridgehead atoms. The molecule has 0 N–H and O–H groups in total. The van der Waals surface area contributed by atoms with Gasteiger partial charge in [-0.05, 0) is 55.4 Å². The van der Waals surface area contributed by atoms with Gasteiger partial charge in [-0.3, -0.25) is 18.7 Å². The van der Waals surface area contributed by atoms with Crippen LogP contribution >= 0.6 is 0 Å². The predicted octanol–water partition coefficient (Wildman–Crippen LogP) is 5.03. The highest BCUT2D eigenvalue weighted by Gasteiger charge is 2.27. The minimum atomic E-state index is -0.350. The molecule has 0 atom stereocenters. The summed E-state index contributed by atoms with van der Waals surface area (Å²) in [6.07, 6.45) is 6.55. The third kappa shape index (κ3) is 5.75. The number of imidazole rings is 1. The summed E-state index contributed by atoms with van der Waals surface area (Å²) in [5.41, 5.74) is 2.68. The highest BCUT2D eigenvalue weighted by atomic mass is 16.5. The van der Waals surface area contributed by atoms with Gasteiger partial charge in [0.15, 0.2) is 11.2 Å². The number of esters is 1. The lowest BCUT2D eigenvalue weighted by molar-refractivity contribution is -0.131. The summed E-state index contributed by atoms with van der Waals surface area (Å²) in [7, 11) is 0. The molecule has 1 saturated carbocycles. The van der Waals surface area contributed by atoms with Crippen molar-refractivity contribution in [3.63, 3.8) is 0 Å². The molecule has 2 aromatic heterocycles. The first-order valence-corrected chi connectivity index (χ1v) is 14.0. The van der Waals surface area contributed by atoms with E-state index in [1.807, 2.05) is 37.3 Å². The van der Waals surface area contributed by atoms with Gasteiger partial charge in [-0.25, -0.2) is 9.78 Å². The van der Waals surface area contributed by atoms with E-state index in [4.69, 9.17) is 9.72 Å². The number of fused-ring (bicyclic) bond motifs is 1. The summed E-state index contributed by atoms with van der Waals surface area (Å²) in [6, 6.07) is 17.6. The van der Waals surface area contributed by atoms with E-state index in [1.165, 1.54) is 11.5 Å². The van der Waals surface area contributed by atoms with Crippen LogP contribution in [0.3, 0.4) is 0 Å². The monoisotopic (exact) mass is 528 g/mol. The standard InChI is InChI=1S/C31H36N4O4/c1-3-19-34-30(37)27-29(32-28(25-13-7-8-14-25)35(27)21-24-10-5-4-6-11-24)33(31(34)38)20-9-12-23-15-17-26(18-16-23)39-22(2)36/h4-6,10-11,15-18,25H,3,7-9,12-14,19-21H2,1-2H3. The van der Waals surface area contributed by atoms with Crippen LogP contribution in [0.2, 0.25) is 0 Å². The van der Waals surface area contributed by atoms with Crippen LogP contribution in [0, 0.1) is 0 Å². The summed E-state index contributed by atoms with van der Waals surface area (Å²) in [5.74, 6) is 1.38. The third-order valence-corrected chi connectivity index (χ3v) is 7.53. The molecule has 0 unspecified atom stereocenters. The van der Waals surface area contributed by atoms with Gasteiger partial charge in [0.1, 0.15) is 11.6 Å². The second kappa shape index (κ2) is 11.8. The van der Waals surface area contributed by atoms with Gasteiger partial charge < -0.3 is 9.30 Å². The minimum Gasteiger partial charge on any atom is -0.427 e. The van der Waals surface area contributed by atoms with Gasteiger partial charge in [0, 0.05) is 32.5 Å². The first-order chi connectivity index (χ1) is 19.0. The molecule has 1 aliphatic carbocycles. The number of benzene rings is 2. The van der Waals surface area contributed by atoms with E-state index in [0.717, 1.165) is 49.1 Å². The largest absolute Gasteiger partial charge is 0.427 e. The zero-order valence-electron chi connectivity index (χ0n) is 22.8. The van der Waals surface area contributed by atoms with Gasteiger partial charge in [0.05, 0.1) is 0 Å². The Kier molecular flexibility index (Phi) is 8.10. The van der Waals surface area contributed by atoms with E-state index in [0.29, 0.717) is 55.3 Å². The lowest BCUT2D eigenvalue weighted by Crippen LogP contribution is -2.40. The predicted molar refractivity (Wildman–Crippen MR) is 151 cm³/mol. The molecular weight excluding hydrogens is 492 g/mol. The summed E-state index contributed by atoms with van der Waals surface area (Å²) < 4.78 is 10.3. The Hall–Kier alpha value is -3.94. The Morgan fingerprint density at radius 1 is 0.923 bits per heavy atom. The zero-order valence-corrected chi connectivity index (χ0v) is 22.8. The lowest BCUT2D eigenvalue weighted by atomic mass is 10.1. The zero-order chi connectivity index (χ0) is 27.4. The lowest BCUT2D eigenvalue weighted by Gasteiger charge is -2.14. The number of rotatable bonds is 10. The average molecular weight is 529 g/mol. The topological polar surface area (TPSA) is 88.1 Å². The van der Waals surface area contributed by atoms with E-state index >= 15 is 0 Å².